The zero-order valence-electron chi connectivity index (χ0n) is 6.90. The zero-order valence-corrected chi connectivity index (χ0v) is 9.31. The van der Waals surface area contributed by atoms with Crippen LogP contribution in [-0.2, 0) is 5.33 Å². The van der Waals surface area contributed by atoms with Crippen LogP contribution in [0.3, 0.4) is 0 Å². The standard InChI is InChI=1S/C10H8BrNS/c11-5-8-3-1-2-4-9(8)10-6-12-7-13-10/h1-4,6-7H,5H2. The van der Waals surface area contributed by atoms with Crippen LogP contribution in [0.1, 0.15) is 5.56 Å². The van der Waals surface area contributed by atoms with Crippen LogP contribution in [0.5, 0.6) is 0 Å². The lowest BCUT2D eigenvalue weighted by Gasteiger charge is -2.02. The number of hydrogen-bond donors (Lipinski definition) is 0. The topological polar surface area (TPSA) is 12.9 Å². The number of hydrogen-bond acceptors (Lipinski definition) is 2. The van der Waals surface area contributed by atoms with E-state index in [1.54, 1.807) is 11.3 Å². The van der Waals surface area contributed by atoms with E-state index in [1.165, 1.54) is 16.0 Å². The molecule has 0 aliphatic rings. The predicted octanol–water partition coefficient (Wildman–Crippen LogP) is 3.71. The van der Waals surface area contributed by atoms with Crippen LogP contribution in [0.2, 0.25) is 0 Å². The highest BCUT2D eigenvalue weighted by atomic mass is 79.9. The Hall–Kier alpha value is -0.670. The summed E-state index contributed by atoms with van der Waals surface area (Å²) in [6.45, 7) is 0. The minimum absolute atomic E-state index is 0.890. The zero-order chi connectivity index (χ0) is 9.10. The van der Waals surface area contributed by atoms with Gasteiger partial charge in [0, 0.05) is 11.5 Å². The number of alkyl halides is 1. The van der Waals surface area contributed by atoms with Gasteiger partial charge in [-0.2, -0.15) is 0 Å². The molecule has 0 saturated heterocycles. The van der Waals surface area contributed by atoms with E-state index < -0.39 is 0 Å². The number of nitrogens with zero attached hydrogens (tertiary/aromatic N) is 1. The number of thiazole rings is 1. The Labute approximate surface area is 89.6 Å². The Balaban J connectivity index is 2.51. The monoisotopic (exact) mass is 253 g/mol. The molecule has 0 aliphatic heterocycles. The van der Waals surface area contributed by atoms with E-state index in [2.05, 4.69) is 45.2 Å². The third kappa shape index (κ3) is 1.81. The van der Waals surface area contributed by atoms with Crippen molar-refractivity contribution < 1.29 is 0 Å². The van der Waals surface area contributed by atoms with Crippen LogP contribution in [-0.4, -0.2) is 4.98 Å². The number of aromatic nitrogens is 1. The molecule has 0 fully saturated rings. The molecular formula is C10H8BrNS. The van der Waals surface area contributed by atoms with Crippen molar-refractivity contribution in [3.8, 4) is 10.4 Å². The Morgan fingerprint density at radius 2 is 2.15 bits per heavy atom. The largest absolute Gasteiger partial charge is 0.252 e. The van der Waals surface area contributed by atoms with Crippen LogP contribution < -0.4 is 0 Å². The maximum Gasteiger partial charge on any atom is 0.0797 e. The first-order valence-corrected chi connectivity index (χ1v) is 5.94. The molecule has 0 bridgehead atoms. The number of rotatable bonds is 2. The summed E-state index contributed by atoms with van der Waals surface area (Å²) >= 11 is 5.15. The summed E-state index contributed by atoms with van der Waals surface area (Å²) in [7, 11) is 0. The highest BCUT2D eigenvalue weighted by Gasteiger charge is 2.03. The average molecular weight is 254 g/mol. The van der Waals surface area contributed by atoms with E-state index in [4.69, 9.17) is 0 Å². The molecule has 3 heteroatoms. The first kappa shape index (κ1) is 8.91. The van der Waals surface area contributed by atoms with Gasteiger partial charge in [-0.05, 0) is 11.1 Å². The minimum Gasteiger partial charge on any atom is -0.252 e. The molecule has 0 spiro atoms. The molecule has 1 heterocycles. The molecule has 0 amide bonds. The van der Waals surface area contributed by atoms with Crippen LogP contribution in [0.15, 0.2) is 36.0 Å². The molecule has 66 valence electrons. The molecule has 13 heavy (non-hydrogen) atoms. The van der Waals surface area contributed by atoms with Gasteiger partial charge in [-0.15, -0.1) is 11.3 Å². The van der Waals surface area contributed by atoms with E-state index in [0.29, 0.717) is 0 Å². The van der Waals surface area contributed by atoms with Crippen molar-refractivity contribution >= 4 is 27.3 Å². The second kappa shape index (κ2) is 4.03. The molecule has 0 atom stereocenters. The highest BCUT2D eigenvalue weighted by Crippen LogP contribution is 2.27. The van der Waals surface area contributed by atoms with Gasteiger partial charge >= 0.3 is 0 Å². The fourth-order valence-corrected chi connectivity index (χ4v) is 2.40. The summed E-state index contributed by atoms with van der Waals surface area (Å²) in [5, 5.41) is 0.890. The highest BCUT2D eigenvalue weighted by molar-refractivity contribution is 9.08. The predicted molar refractivity (Wildman–Crippen MR) is 60.2 cm³/mol. The lowest BCUT2D eigenvalue weighted by atomic mass is 10.1. The van der Waals surface area contributed by atoms with Crippen molar-refractivity contribution in [3.63, 3.8) is 0 Å². The maximum atomic E-state index is 4.08. The van der Waals surface area contributed by atoms with Gasteiger partial charge in [0.2, 0.25) is 0 Å². The van der Waals surface area contributed by atoms with Gasteiger partial charge in [0.15, 0.2) is 0 Å². The molecule has 0 radical (unpaired) electrons. The van der Waals surface area contributed by atoms with Gasteiger partial charge in [-0.25, -0.2) is 0 Å². The molecule has 2 aromatic rings. The Kier molecular flexibility index (Phi) is 2.76. The van der Waals surface area contributed by atoms with Gasteiger partial charge in [0.25, 0.3) is 0 Å². The third-order valence-electron chi connectivity index (χ3n) is 1.86. The Morgan fingerprint density at radius 1 is 1.31 bits per heavy atom. The minimum atomic E-state index is 0.890. The Morgan fingerprint density at radius 3 is 2.85 bits per heavy atom. The lowest BCUT2D eigenvalue weighted by molar-refractivity contribution is 1.40. The molecule has 0 unspecified atom stereocenters. The van der Waals surface area contributed by atoms with Crippen LogP contribution in [0.4, 0.5) is 0 Å². The molecule has 0 saturated carbocycles. The van der Waals surface area contributed by atoms with E-state index in [0.717, 1.165) is 5.33 Å². The van der Waals surface area contributed by atoms with Gasteiger partial charge in [-0.3, -0.25) is 4.98 Å². The van der Waals surface area contributed by atoms with E-state index >= 15 is 0 Å². The third-order valence-corrected chi connectivity index (χ3v) is 3.27. The normalized spacial score (nSPS) is 10.2. The van der Waals surface area contributed by atoms with Crippen molar-refractivity contribution in [3.05, 3.63) is 41.5 Å². The summed E-state index contributed by atoms with van der Waals surface area (Å²) in [4.78, 5) is 5.31. The fraction of sp³-hybridized carbons (Fsp3) is 0.100. The van der Waals surface area contributed by atoms with Gasteiger partial charge in [0.05, 0.1) is 10.4 Å². The summed E-state index contributed by atoms with van der Waals surface area (Å²) in [6, 6.07) is 8.37. The summed E-state index contributed by atoms with van der Waals surface area (Å²) < 4.78 is 0. The van der Waals surface area contributed by atoms with Gasteiger partial charge < -0.3 is 0 Å². The number of halogens is 1. The number of benzene rings is 1. The summed E-state index contributed by atoms with van der Waals surface area (Å²) in [5.74, 6) is 0. The van der Waals surface area contributed by atoms with Crippen molar-refractivity contribution in [1.82, 2.24) is 4.98 Å². The van der Waals surface area contributed by atoms with E-state index in [-0.39, 0.29) is 0 Å². The quantitative estimate of drug-likeness (QED) is 0.744. The Bertz CT molecular complexity index is 384. The first-order valence-electron chi connectivity index (χ1n) is 3.94. The van der Waals surface area contributed by atoms with E-state index in [1.807, 2.05) is 11.7 Å². The molecule has 1 aromatic carbocycles. The van der Waals surface area contributed by atoms with Crippen LogP contribution in [0, 0.1) is 0 Å². The van der Waals surface area contributed by atoms with Crippen molar-refractivity contribution in [2.45, 2.75) is 5.33 Å². The lowest BCUT2D eigenvalue weighted by Crippen LogP contribution is -1.81. The van der Waals surface area contributed by atoms with Crippen molar-refractivity contribution in [2.75, 3.05) is 0 Å². The molecule has 2 rings (SSSR count). The molecular weight excluding hydrogens is 246 g/mol. The van der Waals surface area contributed by atoms with Gasteiger partial charge in [0.1, 0.15) is 0 Å². The SMILES string of the molecule is BrCc1ccccc1-c1cncs1. The molecule has 1 aromatic heterocycles. The average Bonchev–Trinajstić information content (AvgIpc) is 2.70. The van der Waals surface area contributed by atoms with E-state index in [9.17, 15) is 0 Å². The maximum absolute atomic E-state index is 4.08. The second-order valence-electron chi connectivity index (χ2n) is 2.66. The van der Waals surface area contributed by atoms with Crippen molar-refractivity contribution in [2.24, 2.45) is 0 Å². The van der Waals surface area contributed by atoms with Gasteiger partial charge in [-0.1, -0.05) is 40.2 Å². The molecule has 1 nitrogen and oxygen atoms in total. The summed E-state index contributed by atoms with van der Waals surface area (Å²) in [6.07, 6.45) is 1.91. The fourth-order valence-electron chi connectivity index (χ4n) is 1.23. The smallest absolute Gasteiger partial charge is 0.0797 e. The molecule has 0 N–H and O–H groups in total. The van der Waals surface area contributed by atoms with Crippen molar-refractivity contribution in [1.29, 1.82) is 0 Å². The second-order valence-corrected chi connectivity index (χ2v) is 4.10. The van der Waals surface area contributed by atoms with Crippen LogP contribution in [0.25, 0.3) is 10.4 Å². The summed E-state index contributed by atoms with van der Waals surface area (Å²) in [5.41, 5.74) is 4.45. The first-order chi connectivity index (χ1) is 6.42. The van der Waals surface area contributed by atoms with Crippen LogP contribution >= 0.6 is 27.3 Å². The molecule has 0 aliphatic carbocycles.